The van der Waals surface area contributed by atoms with Crippen LogP contribution in [0.2, 0.25) is 0 Å². The minimum absolute atomic E-state index is 0.0538. The van der Waals surface area contributed by atoms with Crippen molar-refractivity contribution in [3.63, 3.8) is 0 Å². The standard InChI is InChI=1S/C24H35N5O3S/c1-4-20-12-21-22(33-20)5-9-32-24(21)6-7-27(17(2)13-24)14-18-15-29(26-25-18)19-11-23(30)28(16-19)8-10-31-3/h12,15,17,19H,4-11,13-14,16H2,1-3H3/t17-,19?,24+/m0/s1. The normalized spacial score (nSPS) is 28.1. The van der Waals surface area contributed by atoms with E-state index < -0.39 is 0 Å². The molecule has 2 aromatic rings. The van der Waals surface area contributed by atoms with Crippen LogP contribution in [-0.2, 0) is 39.3 Å². The summed E-state index contributed by atoms with van der Waals surface area (Å²) in [5.41, 5.74) is 2.30. The van der Waals surface area contributed by atoms with Gasteiger partial charge >= 0.3 is 0 Å². The minimum atomic E-state index is -0.124. The van der Waals surface area contributed by atoms with E-state index in [-0.39, 0.29) is 17.6 Å². The molecule has 2 fully saturated rings. The maximum Gasteiger partial charge on any atom is 0.224 e. The molecule has 180 valence electrons. The smallest absolute Gasteiger partial charge is 0.224 e. The molecule has 0 bridgehead atoms. The van der Waals surface area contributed by atoms with E-state index in [1.165, 1.54) is 15.3 Å². The molecule has 1 spiro atoms. The maximum absolute atomic E-state index is 12.3. The summed E-state index contributed by atoms with van der Waals surface area (Å²) in [6.45, 7) is 9.01. The fraction of sp³-hybridized carbons (Fsp3) is 0.708. The summed E-state index contributed by atoms with van der Waals surface area (Å²) in [4.78, 5) is 19.6. The van der Waals surface area contributed by atoms with Crippen LogP contribution in [0.1, 0.15) is 60.2 Å². The molecule has 0 saturated carbocycles. The van der Waals surface area contributed by atoms with Gasteiger partial charge in [-0.1, -0.05) is 12.1 Å². The number of methoxy groups -OCH3 is 1. The fourth-order valence-electron chi connectivity index (χ4n) is 5.63. The third kappa shape index (κ3) is 4.48. The maximum atomic E-state index is 12.3. The number of piperidine rings is 1. The molecule has 0 aromatic carbocycles. The molecule has 9 heteroatoms. The van der Waals surface area contributed by atoms with Gasteiger partial charge in [-0.25, -0.2) is 4.68 Å². The van der Waals surface area contributed by atoms with Gasteiger partial charge in [0.15, 0.2) is 0 Å². The number of aromatic nitrogens is 3. The lowest BCUT2D eigenvalue weighted by atomic mass is 9.79. The molecule has 3 aliphatic rings. The average molecular weight is 474 g/mol. The molecule has 5 heterocycles. The first-order valence-corrected chi connectivity index (χ1v) is 13.0. The Morgan fingerprint density at radius 2 is 2.27 bits per heavy atom. The highest BCUT2D eigenvalue weighted by Gasteiger charge is 2.44. The fourth-order valence-corrected chi connectivity index (χ4v) is 6.81. The van der Waals surface area contributed by atoms with Crippen LogP contribution in [0.3, 0.4) is 0 Å². The van der Waals surface area contributed by atoms with Crippen molar-refractivity contribution in [2.24, 2.45) is 0 Å². The van der Waals surface area contributed by atoms with Gasteiger partial charge in [-0.2, -0.15) is 0 Å². The highest BCUT2D eigenvalue weighted by atomic mass is 32.1. The first-order chi connectivity index (χ1) is 16.0. The number of carbonyl (C=O) groups excluding carboxylic acids is 1. The number of fused-ring (bicyclic) bond motifs is 2. The molecule has 0 radical (unpaired) electrons. The number of rotatable bonds is 7. The molecule has 1 unspecified atom stereocenters. The Labute approximate surface area is 199 Å². The molecule has 1 amide bonds. The van der Waals surface area contributed by atoms with Gasteiger partial charge in [0.25, 0.3) is 0 Å². The number of hydrogen-bond acceptors (Lipinski definition) is 7. The van der Waals surface area contributed by atoms with E-state index >= 15 is 0 Å². The second kappa shape index (κ2) is 9.44. The SMILES string of the molecule is CCc1cc2c(s1)CCO[C@@]21CCN(Cc2cn(C3CC(=O)N(CCOC)C3)nn2)[C@@H](C)C1. The summed E-state index contributed by atoms with van der Waals surface area (Å²) >= 11 is 1.98. The molecule has 2 aromatic heterocycles. The Morgan fingerprint density at radius 1 is 1.39 bits per heavy atom. The highest BCUT2D eigenvalue weighted by Crippen LogP contribution is 2.46. The molecule has 8 nitrogen and oxygen atoms in total. The molecular formula is C24H35N5O3S. The molecule has 5 rings (SSSR count). The van der Waals surface area contributed by atoms with Gasteiger partial charge in [0.2, 0.25) is 5.91 Å². The molecule has 0 aliphatic carbocycles. The summed E-state index contributed by atoms with van der Waals surface area (Å²) in [6, 6.07) is 2.86. The van der Waals surface area contributed by atoms with E-state index in [4.69, 9.17) is 9.47 Å². The summed E-state index contributed by atoms with van der Waals surface area (Å²) in [6.07, 6.45) is 6.69. The van der Waals surface area contributed by atoms with Gasteiger partial charge < -0.3 is 14.4 Å². The molecule has 3 aliphatic heterocycles. The lowest BCUT2D eigenvalue weighted by molar-refractivity contribution is -0.128. The Hall–Kier alpha value is -1.81. The lowest BCUT2D eigenvalue weighted by Crippen LogP contribution is -2.50. The van der Waals surface area contributed by atoms with E-state index in [1.54, 1.807) is 7.11 Å². The van der Waals surface area contributed by atoms with Crippen molar-refractivity contribution in [1.29, 1.82) is 0 Å². The number of nitrogens with zero attached hydrogens (tertiary/aromatic N) is 5. The van der Waals surface area contributed by atoms with Gasteiger partial charge in [0.1, 0.15) is 0 Å². The Balaban J connectivity index is 1.22. The predicted molar refractivity (Wildman–Crippen MR) is 126 cm³/mol. The van der Waals surface area contributed by atoms with Gasteiger partial charge in [-0.15, -0.1) is 16.4 Å². The Bertz CT molecular complexity index is 991. The number of amides is 1. The van der Waals surface area contributed by atoms with Crippen molar-refractivity contribution in [3.8, 4) is 0 Å². The lowest BCUT2D eigenvalue weighted by Gasteiger charge is -2.47. The second-order valence-electron chi connectivity index (χ2n) is 9.65. The number of hydrogen-bond donors (Lipinski definition) is 0. The van der Waals surface area contributed by atoms with Crippen LogP contribution >= 0.6 is 11.3 Å². The zero-order valence-electron chi connectivity index (χ0n) is 20.0. The molecular weight excluding hydrogens is 438 g/mol. The van der Waals surface area contributed by atoms with Crippen molar-refractivity contribution < 1.29 is 14.3 Å². The zero-order valence-corrected chi connectivity index (χ0v) is 20.8. The number of likely N-dealkylation sites (tertiary alicyclic amines) is 2. The van der Waals surface area contributed by atoms with Crippen LogP contribution in [0.5, 0.6) is 0 Å². The van der Waals surface area contributed by atoms with Crippen LogP contribution in [0.4, 0.5) is 0 Å². The van der Waals surface area contributed by atoms with E-state index in [9.17, 15) is 4.79 Å². The summed E-state index contributed by atoms with van der Waals surface area (Å²) in [5, 5.41) is 8.81. The third-order valence-electron chi connectivity index (χ3n) is 7.51. The molecule has 3 atom stereocenters. The van der Waals surface area contributed by atoms with E-state index in [0.717, 1.165) is 51.1 Å². The summed E-state index contributed by atoms with van der Waals surface area (Å²) < 4.78 is 13.5. The Kier molecular flexibility index (Phi) is 6.57. The van der Waals surface area contributed by atoms with Crippen LogP contribution in [0.25, 0.3) is 0 Å². The second-order valence-corrected chi connectivity index (χ2v) is 10.9. The van der Waals surface area contributed by atoms with Crippen molar-refractivity contribution in [1.82, 2.24) is 24.8 Å². The molecule has 0 N–H and O–H groups in total. The zero-order chi connectivity index (χ0) is 23.0. The third-order valence-corrected chi connectivity index (χ3v) is 8.85. The monoisotopic (exact) mass is 473 g/mol. The number of ether oxygens (including phenoxy) is 2. The Morgan fingerprint density at radius 3 is 3.06 bits per heavy atom. The summed E-state index contributed by atoms with van der Waals surface area (Å²) in [5.74, 6) is 0.163. The van der Waals surface area contributed by atoms with Crippen LogP contribution in [-0.4, -0.2) is 76.7 Å². The summed E-state index contributed by atoms with van der Waals surface area (Å²) in [7, 11) is 1.66. The predicted octanol–water partition coefficient (Wildman–Crippen LogP) is 2.77. The largest absolute Gasteiger partial charge is 0.383 e. The molecule has 33 heavy (non-hydrogen) atoms. The van der Waals surface area contributed by atoms with Crippen LogP contribution in [0, 0.1) is 0 Å². The number of thiophene rings is 1. The van der Waals surface area contributed by atoms with Crippen molar-refractivity contribution in [2.45, 2.75) is 70.2 Å². The van der Waals surface area contributed by atoms with Crippen molar-refractivity contribution >= 4 is 17.2 Å². The minimum Gasteiger partial charge on any atom is -0.383 e. The quantitative estimate of drug-likeness (QED) is 0.616. The van der Waals surface area contributed by atoms with Gasteiger partial charge in [0.05, 0.1) is 43.2 Å². The molecule has 2 saturated heterocycles. The number of carbonyl (C=O) groups is 1. The van der Waals surface area contributed by atoms with Crippen LogP contribution < -0.4 is 0 Å². The van der Waals surface area contributed by atoms with Crippen molar-refractivity contribution in [3.05, 3.63) is 33.3 Å². The van der Waals surface area contributed by atoms with Crippen LogP contribution in [0.15, 0.2) is 12.3 Å². The van der Waals surface area contributed by atoms with Gasteiger partial charge in [0, 0.05) is 55.5 Å². The average Bonchev–Trinajstić information content (AvgIpc) is 3.53. The number of aryl methyl sites for hydroxylation is 1. The topological polar surface area (TPSA) is 72.7 Å². The van der Waals surface area contributed by atoms with E-state index in [1.807, 2.05) is 27.1 Å². The highest BCUT2D eigenvalue weighted by molar-refractivity contribution is 7.12. The van der Waals surface area contributed by atoms with Gasteiger partial charge in [-0.3, -0.25) is 9.69 Å². The van der Waals surface area contributed by atoms with Crippen molar-refractivity contribution in [2.75, 3.05) is 40.0 Å². The van der Waals surface area contributed by atoms with E-state index in [2.05, 4.69) is 35.1 Å². The van der Waals surface area contributed by atoms with Gasteiger partial charge in [-0.05, 0) is 37.8 Å². The first kappa shape index (κ1) is 23.0. The van der Waals surface area contributed by atoms with E-state index in [0.29, 0.717) is 32.2 Å². The first-order valence-electron chi connectivity index (χ1n) is 12.2.